The average molecular weight is 529 g/mol. The van der Waals surface area contributed by atoms with Crippen LogP contribution >= 0.6 is 23.4 Å². The number of rotatable bonds is 8. The van der Waals surface area contributed by atoms with Crippen molar-refractivity contribution in [2.24, 2.45) is 5.10 Å². The van der Waals surface area contributed by atoms with Crippen molar-refractivity contribution in [3.63, 3.8) is 0 Å². The minimum atomic E-state index is -0.211. The van der Waals surface area contributed by atoms with Gasteiger partial charge in [0.25, 0.3) is 5.91 Å². The van der Waals surface area contributed by atoms with Gasteiger partial charge in [0.05, 0.1) is 46.6 Å². The topological polar surface area (TPSA) is 77.1 Å². The standard InChI is InChI=1S/C28H25ClN6OS/c1-19-24(20(2)35(33-19)23-8-4-3-5-9-23)16-30-32-27(36)18-37-28-31-25-10-6-7-11-26(25)34(28)17-21-12-14-22(29)15-13-21/h3-16H,17-18H2,1-2H3,(H,32,36)/b30-16-. The summed E-state index contributed by atoms with van der Waals surface area (Å²) < 4.78 is 3.99. The molecule has 0 saturated heterocycles. The SMILES string of the molecule is Cc1nn(-c2ccccc2)c(C)c1/C=N\NC(=O)CSc1nc2ccccc2n1Cc1ccc(Cl)cc1. The number of thioether (sulfide) groups is 1. The Morgan fingerprint density at radius 2 is 1.76 bits per heavy atom. The maximum absolute atomic E-state index is 12.6. The predicted octanol–water partition coefficient (Wildman–Crippen LogP) is 5.78. The third kappa shape index (κ3) is 5.60. The molecule has 37 heavy (non-hydrogen) atoms. The number of imidazole rings is 1. The summed E-state index contributed by atoms with van der Waals surface area (Å²) in [5.74, 6) is -0.0280. The van der Waals surface area contributed by atoms with Gasteiger partial charge in [-0.25, -0.2) is 15.1 Å². The molecule has 0 aliphatic rings. The van der Waals surface area contributed by atoms with E-state index in [4.69, 9.17) is 16.6 Å². The van der Waals surface area contributed by atoms with Crippen molar-refractivity contribution in [2.45, 2.75) is 25.5 Å². The van der Waals surface area contributed by atoms with Crippen molar-refractivity contribution >= 4 is 46.5 Å². The number of hydrogen-bond donors (Lipinski definition) is 1. The van der Waals surface area contributed by atoms with Gasteiger partial charge >= 0.3 is 0 Å². The normalized spacial score (nSPS) is 11.4. The fourth-order valence-electron chi connectivity index (χ4n) is 4.08. The number of benzene rings is 3. The Balaban J connectivity index is 1.26. The lowest BCUT2D eigenvalue weighted by atomic mass is 10.2. The second-order valence-corrected chi connectivity index (χ2v) is 9.89. The summed E-state index contributed by atoms with van der Waals surface area (Å²) in [5, 5.41) is 10.3. The first kappa shape index (κ1) is 24.8. The van der Waals surface area contributed by atoms with E-state index in [-0.39, 0.29) is 11.7 Å². The maximum Gasteiger partial charge on any atom is 0.250 e. The van der Waals surface area contributed by atoms with Gasteiger partial charge in [0, 0.05) is 10.6 Å². The molecule has 9 heteroatoms. The number of nitrogens with zero attached hydrogens (tertiary/aromatic N) is 5. The number of aromatic nitrogens is 4. The smallest absolute Gasteiger partial charge is 0.250 e. The summed E-state index contributed by atoms with van der Waals surface area (Å²) in [6, 6.07) is 25.6. The highest BCUT2D eigenvalue weighted by atomic mass is 35.5. The molecule has 2 aromatic heterocycles. The average Bonchev–Trinajstić information content (AvgIpc) is 3.41. The zero-order valence-electron chi connectivity index (χ0n) is 20.4. The molecular weight excluding hydrogens is 504 g/mol. The Morgan fingerprint density at radius 3 is 2.54 bits per heavy atom. The molecule has 5 rings (SSSR count). The van der Waals surface area contributed by atoms with Gasteiger partial charge in [-0.2, -0.15) is 10.2 Å². The van der Waals surface area contributed by atoms with Crippen LogP contribution in [0.2, 0.25) is 5.02 Å². The molecule has 3 aromatic carbocycles. The summed E-state index contributed by atoms with van der Waals surface area (Å²) in [6.45, 7) is 4.54. The largest absolute Gasteiger partial charge is 0.314 e. The van der Waals surface area contributed by atoms with Crippen molar-refractivity contribution in [3.8, 4) is 5.69 Å². The molecule has 186 valence electrons. The van der Waals surface area contributed by atoms with Crippen LogP contribution in [-0.4, -0.2) is 37.2 Å². The van der Waals surface area contributed by atoms with E-state index in [9.17, 15) is 4.79 Å². The maximum atomic E-state index is 12.6. The van der Waals surface area contributed by atoms with E-state index in [1.54, 1.807) is 6.21 Å². The van der Waals surface area contributed by atoms with Crippen LogP contribution in [0, 0.1) is 13.8 Å². The van der Waals surface area contributed by atoms with Gasteiger partial charge in [-0.05, 0) is 55.8 Å². The van der Waals surface area contributed by atoms with Crippen LogP contribution < -0.4 is 5.43 Å². The van der Waals surface area contributed by atoms with Crippen LogP contribution in [0.15, 0.2) is 89.1 Å². The van der Waals surface area contributed by atoms with E-state index in [1.165, 1.54) is 11.8 Å². The molecule has 5 aromatic rings. The first-order chi connectivity index (χ1) is 18.0. The van der Waals surface area contributed by atoms with Gasteiger partial charge in [-0.15, -0.1) is 0 Å². The molecular formula is C28H25ClN6OS. The number of fused-ring (bicyclic) bond motifs is 1. The fraction of sp³-hybridized carbons (Fsp3) is 0.143. The minimum absolute atomic E-state index is 0.183. The number of amides is 1. The molecule has 1 N–H and O–H groups in total. The molecule has 0 aliphatic heterocycles. The molecule has 0 atom stereocenters. The van der Waals surface area contributed by atoms with Crippen molar-refractivity contribution in [1.29, 1.82) is 0 Å². The Morgan fingerprint density at radius 1 is 1.03 bits per heavy atom. The molecule has 0 radical (unpaired) electrons. The van der Waals surface area contributed by atoms with E-state index in [0.717, 1.165) is 44.4 Å². The number of nitrogens with one attached hydrogen (secondary N) is 1. The quantitative estimate of drug-likeness (QED) is 0.157. The molecule has 0 spiro atoms. The highest BCUT2D eigenvalue weighted by Crippen LogP contribution is 2.25. The highest BCUT2D eigenvalue weighted by molar-refractivity contribution is 7.99. The number of carbonyl (C=O) groups excluding carboxylic acids is 1. The molecule has 2 heterocycles. The molecule has 0 saturated carbocycles. The van der Waals surface area contributed by atoms with Gasteiger partial charge in [0.15, 0.2) is 5.16 Å². The van der Waals surface area contributed by atoms with Gasteiger partial charge < -0.3 is 4.57 Å². The summed E-state index contributed by atoms with van der Waals surface area (Å²) in [4.78, 5) is 17.4. The van der Waals surface area contributed by atoms with E-state index in [2.05, 4.69) is 20.2 Å². The molecule has 0 aliphatic carbocycles. The van der Waals surface area contributed by atoms with E-state index in [1.807, 2.05) is 97.4 Å². The van der Waals surface area contributed by atoms with Crippen molar-refractivity contribution < 1.29 is 4.79 Å². The number of hydrogen-bond acceptors (Lipinski definition) is 5. The van der Waals surface area contributed by atoms with E-state index >= 15 is 0 Å². The first-order valence-electron chi connectivity index (χ1n) is 11.8. The predicted molar refractivity (Wildman–Crippen MR) is 150 cm³/mol. The number of hydrazone groups is 1. The molecule has 0 bridgehead atoms. The lowest BCUT2D eigenvalue weighted by Crippen LogP contribution is -2.20. The Hall–Kier alpha value is -3.88. The van der Waals surface area contributed by atoms with Crippen LogP contribution in [0.4, 0.5) is 0 Å². The Kier molecular flexibility index (Phi) is 7.39. The van der Waals surface area contributed by atoms with Gasteiger partial charge in [-0.3, -0.25) is 4.79 Å². The number of para-hydroxylation sites is 3. The van der Waals surface area contributed by atoms with Gasteiger partial charge in [0.1, 0.15) is 0 Å². The second kappa shape index (κ2) is 11.0. The zero-order valence-corrected chi connectivity index (χ0v) is 22.0. The van der Waals surface area contributed by atoms with Gasteiger partial charge in [0.2, 0.25) is 0 Å². The van der Waals surface area contributed by atoms with E-state index < -0.39 is 0 Å². The monoisotopic (exact) mass is 528 g/mol. The lowest BCUT2D eigenvalue weighted by molar-refractivity contribution is -0.118. The van der Waals surface area contributed by atoms with Crippen molar-refractivity contribution in [2.75, 3.05) is 5.75 Å². The Labute approximate surface area is 224 Å². The first-order valence-corrected chi connectivity index (χ1v) is 13.1. The third-order valence-corrected chi connectivity index (χ3v) is 7.17. The summed E-state index contributed by atoms with van der Waals surface area (Å²) in [5.41, 5.74) is 9.28. The molecule has 7 nitrogen and oxygen atoms in total. The Bertz CT molecular complexity index is 1570. The molecule has 1 amide bonds. The van der Waals surface area contributed by atoms with Crippen molar-refractivity contribution in [1.82, 2.24) is 24.8 Å². The summed E-state index contributed by atoms with van der Waals surface area (Å²) in [6.07, 6.45) is 1.65. The van der Waals surface area contributed by atoms with Gasteiger partial charge in [-0.1, -0.05) is 65.8 Å². The third-order valence-electron chi connectivity index (χ3n) is 5.94. The zero-order chi connectivity index (χ0) is 25.8. The van der Waals surface area contributed by atoms with Crippen LogP contribution in [0.25, 0.3) is 16.7 Å². The number of aryl methyl sites for hydroxylation is 1. The summed E-state index contributed by atoms with van der Waals surface area (Å²) >= 11 is 7.43. The minimum Gasteiger partial charge on any atom is -0.314 e. The number of halogens is 1. The van der Waals surface area contributed by atoms with Crippen LogP contribution in [0.3, 0.4) is 0 Å². The second-order valence-electron chi connectivity index (χ2n) is 8.51. The van der Waals surface area contributed by atoms with Crippen LogP contribution in [0.1, 0.15) is 22.5 Å². The summed E-state index contributed by atoms with van der Waals surface area (Å²) in [7, 11) is 0. The van der Waals surface area contributed by atoms with Crippen LogP contribution in [-0.2, 0) is 11.3 Å². The van der Waals surface area contributed by atoms with Crippen molar-refractivity contribution in [3.05, 3.63) is 106 Å². The molecule has 0 fully saturated rings. The fourth-order valence-corrected chi connectivity index (χ4v) is 5.01. The van der Waals surface area contributed by atoms with E-state index in [0.29, 0.717) is 11.6 Å². The van der Waals surface area contributed by atoms with Crippen LogP contribution in [0.5, 0.6) is 0 Å². The number of carbonyl (C=O) groups is 1. The lowest BCUT2D eigenvalue weighted by Gasteiger charge is -2.09. The molecule has 0 unspecified atom stereocenters. The highest BCUT2D eigenvalue weighted by Gasteiger charge is 2.14.